The molecule has 0 aliphatic rings. The number of carboxylic acid groups (broad SMARTS) is 1. The van der Waals surface area contributed by atoms with E-state index in [1.807, 2.05) is 6.07 Å². The van der Waals surface area contributed by atoms with Gasteiger partial charge in [-0.15, -0.1) is 11.3 Å². The number of sulfonamides is 1. The van der Waals surface area contributed by atoms with Crippen LogP contribution in [0.3, 0.4) is 0 Å². The van der Waals surface area contributed by atoms with E-state index in [0.717, 1.165) is 11.3 Å². The van der Waals surface area contributed by atoms with Crippen molar-refractivity contribution in [3.05, 3.63) is 17.0 Å². The van der Waals surface area contributed by atoms with Crippen molar-refractivity contribution in [2.75, 3.05) is 0 Å². The van der Waals surface area contributed by atoms with Gasteiger partial charge < -0.3 is 5.11 Å². The molecule has 0 spiro atoms. The van der Waals surface area contributed by atoms with Gasteiger partial charge in [-0.05, 0) is 18.1 Å². The Balaban J connectivity index is 3.01. The Hall–Kier alpha value is -1.43. The van der Waals surface area contributed by atoms with E-state index in [1.165, 1.54) is 12.1 Å². The minimum atomic E-state index is -3.90. The molecule has 0 fully saturated rings. The van der Waals surface area contributed by atoms with Gasteiger partial charge in [0, 0.05) is 0 Å². The molecular formula is C10H12N2O4S2. The number of thiophene rings is 1. The minimum absolute atomic E-state index is 0.0639. The molecule has 1 aromatic rings. The SMILES string of the molecule is CC(C)[C@H](NS(=O)(=O)c1ccc(C#N)s1)C(=O)O. The smallest absolute Gasteiger partial charge is 0.322 e. The fourth-order valence-electron chi connectivity index (χ4n) is 1.22. The molecule has 0 bridgehead atoms. The molecule has 0 saturated carbocycles. The number of aliphatic carboxylic acids is 1. The van der Waals surface area contributed by atoms with Gasteiger partial charge in [0.1, 0.15) is 21.2 Å². The Morgan fingerprint density at radius 2 is 2.11 bits per heavy atom. The molecule has 0 aliphatic carbocycles. The molecule has 1 rings (SSSR count). The summed E-state index contributed by atoms with van der Waals surface area (Å²) >= 11 is 0.801. The summed E-state index contributed by atoms with van der Waals surface area (Å²) in [6.45, 7) is 3.22. The second-order valence-electron chi connectivity index (χ2n) is 3.91. The molecule has 0 radical (unpaired) electrons. The first-order valence-electron chi connectivity index (χ1n) is 5.03. The summed E-state index contributed by atoms with van der Waals surface area (Å²) < 4.78 is 25.9. The maximum atomic E-state index is 11.9. The van der Waals surface area contributed by atoms with E-state index in [0.29, 0.717) is 0 Å². The molecule has 0 aromatic carbocycles. The van der Waals surface area contributed by atoms with Crippen molar-refractivity contribution in [3.63, 3.8) is 0 Å². The predicted octanol–water partition coefficient (Wildman–Crippen LogP) is 1.01. The molecule has 98 valence electrons. The number of carboxylic acids is 1. The lowest BCUT2D eigenvalue weighted by Crippen LogP contribution is -2.43. The number of rotatable bonds is 5. The van der Waals surface area contributed by atoms with Gasteiger partial charge in [0.25, 0.3) is 10.0 Å². The largest absolute Gasteiger partial charge is 0.480 e. The third-order valence-corrected chi connectivity index (χ3v) is 5.09. The summed E-state index contributed by atoms with van der Waals surface area (Å²) in [6.07, 6.45) is 0. The van der Waals surface area contributed by atoms with Gasteiger partial charge in [-0.1, -0.05) is 13.8 Å². The van der Waals surface area contributed by atoms with Crippen LogP contribution in [0.15, 0.2) is 16.3 Å². The van der Waals surface area contributed by atoms with Crippen LogP contribution < -0.4 is 4.72 Å². The number of hydrogen-bond acceptors (Lipinski definition) is 5. The Labute approximate surface area is 109 Å². The minimum Gasteiger partial charge on any atom is -0.480 e. The lowest BCUT2D eigenvalue weighted by molar-refractivity contribution is -0.140. The molecule has 1 heterocycles. The Morgan fingerprint density at radius 3 is 2.50 bits per heavy atom. The molecular weight excluding hydrogens is 276 g/mol. The van der Waals surface area contributed by atoms with Crippen molar-refractivity contribution in [1.82, 2.24) is 4.72 Å². The first-order valence-corrected chi connectivity index (χ1v) is 7.33. The summed E-state index contributed by atoms with van der Waals surface area (Å²) in [7, 11) is -3.90. The van der Waals surface area contributed by atoms with Crippen LogP contribution in [0.25, 0.3) is 0 Å². The van der Waals surface area contributed by atoms with Gasteiger partial charge >= 0.3 is 5.97 Å². The molecule has 0 unspecified atom stereocenters. The maximum Gasteiger partial charge on any atom is 0.322 e. The summed E-state index contributed by atoms with van der Waals surface area (Å²) in [4.78, 5) is 11.2. The zero-order valence-corrected chi connectivity index (χ0v) is 11.4. The molecule has 6 nitrogen and oxygen atoms in total. The number of nitrogens with one attached hydrogen (secondary N) is 1. The van der Waals surface area contributed by atoms with Crippen LogP contribution in [-0.4, -0.2) is 25.5 Å². The third kappa shape index (κ3) is 3.29. The molecule has 0 aliphatic heterocycles. The normalized spacial score (nSPS) is 13.2. The average Bonchev–Trinajstić information content (AvgIpc) is 2.74. The van der Waals surface area contributed by atoms with E-state index in [1.54, 1.807) is 13.8 Å². The number of carbonyl (C=O) groups is 1. The van der Waals surface area contributed by atoms with E-state index < -0.39 is 22.0 Å². The quantitative estimate of drug-likeness (QED) is 0.840. The third-order valence-electron chi connectivity index (χ3n) is 2.17. The molecule has 0 amide bonds. The zero-order chi connectivity index (χ0) is 13.9. The average molecular weight is 288 g/mol. The molecule has 18 heavy (non-hydrogen) atoms. The predicted molar refractivity (Wildman–Crippen MR) is 65.6 cm³/mol. The Bertz CT molecular complexity index is 583. The highest BCUT2D eigenvalue weighted by molar-refractivity contribution is 7.91. The molecule has 1 atom stereocenters. The van der Waals surface area contributed by atoms with Gasteiger partial charge in [-0.2, -0.15) is 9.98 Å². The summed E-state index contributed by atoms with van der Waals surface area (Å²) in [5, 5.41) is 17.6. The van der Waals surface area contributed by atoms with Crippen LogP contribution in [0.4, 0.5) is 0 Å². The first kappa shape index (κ1) is 14.6. The molecule has 1 aromatic heterocycles. The van der Waals surface area contributed by atoms with E-state index in [2.05, 4.69) is 4.72 Å². The van der Waals surface area contributed by atoms with E-state index >= 15 is 0 Å². The highest BCUT2D eigenvalue weighted by Gasteiger charge is 2.28. The van der Waals surface area contributed by atoms with Crippen LogP contribution in [0.2, 0.25) is 0 Å². The van der Waals surface area contributed by atoms with Crippen LogP contribution in [0.1, 0.15) is 18.7 Å². The fourth-order valence-corrected chi connectivity index (χ4v) is 3.68. The highest BCUT2D eigenvalue weighted by Crippen LogP contribution is 2.21. The Morgan fingerprint density at radius 1 is 1.50 bits per heavy atom. The topological polar surface area (TPSA) is 107 Å². The zero-order valence-electron chi connectivity index (χ0n) is 9.75. The van der Waals surface area contributed by atoms with Crippen molar-refractivity contribution in [2.24, 2.45) is 5.92 Å². The lowest BCUT2D eigenvalue weighted by atomic mass is 10.1. The maximum absolute atomic E-state index is 11.9. The van der Waals surface area contributed by atoms with Crippen molar-refractivity contribution >= 4 is 27.3 Å². The first-order chi connectivity index (χ1) is 8.27. The monoisotopic (exact) mass is 288 g/mol. The van der Waals surface area contributed by atoms with Crippen LogP contribution in [0, 0.1) is 17.2 Å². The van der Waals surface area contributed by atoms with Crippen molar-refractivity contribution in [1.29, 1.82) is 5.26 Å². The van der Waals surface area contributed by atoms with E-state index in [-0.39, 0.29) is 15.0 Å². The standard InChI is InChI=1S/C10H12N2O4S2/c1-6(2)9(10(13)14)12-18(15,16)8-4-3-7(5-11)17-8/h3-4,6,9,12H,1-2H3,(H,13,14)/t9-/m0/s1. The van der Waals surface area contributed by atoms with Crippen molar-refractivity contribution < 1.29 is 18.3 Å². The summed E-state index contributed by atoms with van der Waals surface area (Å²) in [5.41, 5.74) is 0. The molecule has 2 N–H and O–H groups in total. The van der Waals surface area contributed by atoms with E-state index in [9.17, 15) is 13.2 Å². The van der Waals surface area contributed by atoms with Crippen LogP contribution in [0.5, 0.6) is 0 Å². The van der Waals surface area contributed by atoms with E-state index in [4.69, 9.17) is 10.4 Å². The van der Waals surface area contributed by atoms with Gasteiger partial charge in [0.2, 0.25) is 0 Å². The summed E-state index contributed by atoms with van der Waals surface area (Å²) in [6, 6.07) is 3.30. The van der Waals surface area contributed by atoms with Crippen LogP contribution >= 0.6 is 11.3 Å². The highest BCUT2D eigenvalue weighted by atomic mass is 32.2. The molecule has 8 heteroatoms. The van der Waals surface area contributed by atoms with Crippen molar-refractivity contribution in [3.8, 4) is 6.07 Å². The van der Waals surface area contributed by atoms with Gasteiger partial charge in [0.15, 0.2) is 0 Å². The number of nitrogens with zero attached hydrogens (tertiary/aromatic N) is 1. The van der Waals surface area contributed by atoms with Gasteiger partial charge in [-0.3, -0.25) is 4.79 Å². The van der Waals surface area contributed by atoms with Crippen LogP contribution in [-0.2, 0) is 14.8 Å². The second-order valence-corrected chi connectivity index (χ2v) is 6.94. The Kier molecular flexibility index (Phi) is 4.45. The fraction of sp³-hybridized carbons (Fsp3) is 0.400. The lowest BCUT2D eigenvalue weighted by Gasteiger charge is -2.17. The van der Waals surface area contributed by atoms with Crippen molar-refractivity contribution in [2.45, 2.75) is 24.1 Å². The molecule has 0 saturated heterocycles. The second kappa shape index (κ2) is 5.48. The number of nitriles is 1. The van der Waals surface area contributed by atoms with Gasteiger partial charge in [-0.25, -0.2) is 8.42 Å². The number of hydrogen-bond donors (Lipinski definition) is 2. The van der Waals surface area contributed by atoms with Gasteiger partial charge in [0.05, 0.1) is 0 Å². The summed E-state index contributed by atoms with van der Waals surface area (Å²) in [5.74, 6) is -1.61.